The van der Waals surface area contributed by atoms with Gasteiger partial charge in [-0.05, 0) is 18.8 Å². The predicted octanol–water partition coefficient (Wildman–Crippen LogP) is 3.72. The first-order chi connectivity index (χ1) is 8.59. The van der Waals surface area contributed by atoms with Crippen molar-refractivity contribution in [1.29, 1.82) is 0 Å². The van der Waals surface area contributed by atoms with Gasteiger partial charge in [0.15, 0.2) is 0 Å². The minimum Gasteiger partial charge on any atom is -0.378 e. The van der Waals surface area contributed by atoms with Gasteiger partial charge >= 0.3 is 0 Å². The van der Waals surface area contributed by atoms with Gasteiger partial charge in [0.05, 0.1) is 6.10 Å². The minimum atomic E-state index is 0.187. The van der Waals surface area contributed by atoms with E-state index in [9.17, 15) is 4.79 Å². The summed E-state index contributed by atoms with van der Waals surface area (Å²) in [6.07, 6.45) is 2.35. The van der Waals surface area contributed by atoms with Crippen LogP contribution in [0.1, 0.15) is 61.3 Å². The molecular formula is C15H33NO2. The molecule has 0 unspecified atom stereocenters. The molecule has 110 valence electrons. The second-order valence-corrected chi connectivity index (χ2v) is 4.43. The number of rotatable bonds is 3. The Morgan fingerprint density at radius 3 is 1.94 bits per heavy atom. The van der Waals surface area contributed by atoms with Crippen LogP contribution in [0.2, 0.25) is 0 Å². The molecule has 1 rings (SSSR count). The van der Waals surface area contributed by atoms with Crippen molar-refractivity contribution in [1.82, 2.24) is 4.90 Å². The summed E-state index contributed by atoms with van der Waals surface area (Å²) in [7, 11) is 0. The molecule has 0 aromatic carbocycles. The highest BCUT2D eigenvalue weighted by atomic mass is 16.5. The van der Waals surface area contributed by atoms with Crippen molar-refractivity contribution >= 4 is 5.91 Å². The van der Waals surface area contributed by atoms with E-state index in [2.05, 4.69) is 13.8 Å². The third-order valence-electron chi connectivity index (χ3n) is 2.55. The van der Waals surface area contributed by atoms with Gasteiger partial charge < -0.3 is 9.64 Å². The smallest absolute Gasteiger partial charge is 0.219 e. The highest BCUT2D eigenvalue weighted by Gasteiger charge is 2.20. The molecule has 1 aliphatic heterocycles. The average Bonchev–Trinajstić information content (AvgIpc) is 2.41. The second-order valence-electron chi connectivity index (χ2n) is 4.43. The van der Waals surface area contributed by atoms with Crippen LogP contribution in [0.5, 0.6) is 0 Å². The monoisotopic (exact) mass is 259 g/mol. The Labute approximate surface area is 114 Å². The van der Waals surface area contributed by atoms with E-state index in [4.69, 9.17) is 4.74 Å². The minimum absolute atomic E-state index is 0.187. The van der Waals surface area contributed by atoms with Crippen LogP contribution >= 0.6 is 0 Å². The van der Waals surface area contributed by atoms with E-state index in [-0.39, 0.29) is 5.91 Å². The zero-order valence-electron chi connectivity index (χ0n) is 13.5. The molecular weight excluding hydrogens is 226 g/mol. The van der Waals surface area contributed by atoms with Gasteiger partial charge in [-0.25, -0.2) is 0 Å². The fourth-order valence-corrected chi connectivity index (χ4v) is 1.67. The van der Waals surface area contributed by atoms with Crippen molar-refractivity contribution in [3.8, 4) is 0 Å². The van der Waals surface area contributed by atoms with Gasteiger partial charge in [-0.2, -0.15) is 0 Å². The summed E-state index contributed by atoms with van der Waals surface area (Å²) in [6.45, 7) is 16.5. The topological polar surface area (TPSA) is 29.5 Å². The number of ether oxygens (including phenoxy) is 1. The van der Waals surface area contributed by atoms with E-state index in [0.717, 1.165) is 32.5 Å². The van der Waals surface area contributed by atoms with Crippen molar-refractivity contribution in [2.75, 3.05) is 19.7 Å². The van der Waals surface area contributed by atoms with Crippen LogP contribution in [0.4, 0.5) is 0 Å². The molecule has 0 atom stereocenters. The summed E-state index contributed by atoms with van der Waals surface area (Å²) in [5.41, 5.74) is 0. The molecule has 1 heterocycles. The maximum absolute atomic E-state index is 11.1. The molecule has 0 radical (unpaired) electrons. The Hall–Kier alpha value is -0.570. The summed E-state index contributed by atoms with van der Waals surface area (Å²) in [4.78, 5) is 13.0. The van der Waals surface area contributed by atoms with Crippen LogP contribution in [0.3, 0.4) is 0 Å². The first-order valence-corrected chi connectivity index (χ1v) is 7.46. The maximum atomic E-state index is 11.1. The number of nitrogens with zero attached hydrogens (tertiary/aromatic N) is 1. The molecule has 1 amide bonds. The number of likely N-dealkylation sites (tertiary alicyclic amines) is 1. The molecule has 1 fully saturated rings. The molecule has 0 aromatic rings. The van der Waals surface area contributed by atoms with E-state index < -0.39 is 0 Å². The molecule has 0 aliphatic carbocycles. The van der Waals surface area contributed by atoms with Crippen molar-refractivity contribution < 1.29 is 9.53 Å². The zero-order chi connectivity index (χ0) is 14.6. The molecule has 0 N–H and O–H groups in total. The maximum Gasteiger partial charge on any atom is 0.219 e. The Bertz CT molecular complexity index is 185. The Morgan fingerprint density at radius 1 is 1.17 bits per heavy atom. The summed E-state index contributed by atoms with van der Waals surface area (Å²) in [6, 6.07) is 0. The lowest BCUT2D eigenvalue weighted by Gasteiger charge is -2.31. The fraction of sp³-hybridized carbons (Fsp3) is 0.933. The van der Waals surface area contributed by atoms with E-state index in [1.54, 1.807) is 6.92 Å². The third kappa shape index (κ3) is 9.46. The van der Waals surface area contributed by atoms with Gasteiger partial charge in [-0.1, -0.05) is 41.5 Å². The molecule has 0 spiro atoms. The molecule has 0 aromatic heterocycles. The predicted molar refractivity (Wildman–Crippen MR) is 78.8 cm³/mol. The Kier molecular flexibility index (Phi) is 14.1. The van der Waals surface area contributed by atoms with Crippen LogP contribution in [0, 0.1) is 5.92 Å². The van der Waals surface area contributed by atoms with E-state index >= 15 is 0 Å². The van der Waals surface area contributed by atoms with Crippen LogP contribution in [-0.4, -0.2) is 36.6 Å². The highest BCUT2D eigenvalue weighted by Crippen LogP contribution is 2.14. The lowest BCUT2D eigenvalue weighted by atomic mass is 10.1. The summed E-state index contributed by atoms with van der Waals surface area (Å²) in [5.74, 6) is 0.785. The molecule has 3 heteroatoms. The zero-order valence-corrected chi connectivity index (χ0v) is 13.5. The average molecular weight is 259 g/mol. The van der Waals surface area contributed by atoms with Crippen molar-refractivity contribution in [2.24, 2.45) is 5.92 Å². The van der Waals surface area contributed by atoms with Gasteiger partial charge in [0.1, 0.15) is 0 Å². The summed E-state index contributed by atoms with van der Waals surface area (Å²) >= 11 is 0. The van der Waals surface area contributed by atoms with Crippen molar-refractivity contribution in [3.63, 3.8) is 0 Å². The van der Waals surface area contributed by atoms with Crippen molar-refractivity contribution in [2.45, 2.75) is 67.4 Å². The number of hydrogen-bond donors (Lipinski definition) is 0. The number of amides is 1. The van der Waals surface area contributed by atoms with E-state index in [1.807, 2.05) is 32.6 Å². The summed E-state index contributed by atoms with van der Waals surface area (Å²) < 4.78 is 5.73. The summed E-state index contributed by atoms with van der Waals surface area (Å²) in [5, 5.41) is 0. The van der Waals surface area contributed by atoms with Crippen LogP contribution < -0.4 is 0 Å². The lowest BCUT2D eigenvalue weighted by Crippen LogP contribution is -2.39. The molecule has 18 heavy (non-hydrogen) atoms. The Balaban J connectivity index is 0. The molecule has 0 saturated carbocycles. The molecule has 0 bridgehead atoms. The second kappa shape index (κ2) is 12.9. The first-order valence-electron chi connectivity index (χ1n) is 7.46. The van der Waals surface area contributed by atoms with Crippen molar-refractivity contribution in [3.05, 3.63) is 0 Å². The van der Waals surface area contributed by atoms with Gasteiger partial charge in [-0.3, -0.25) is 4.79 Å². The Morgan fingerprint density at radius 2 is 1.61 bits per heavy atom. The number of carbonyl (C=O) groups excluding carboxylic acids is 1. The number of hydrogen-bond acceptors (Lipinski definition) is 2. The number of carbonyl (C=O) groups is 1. The van der Waals surface area contributed by atoms with Crippen LogP contribution in [0.25, 0.3) is 0 Å². The quantitative estimate of drug-likeness (QED) is 0.773. The molecule has 3 nitrogen and oxygen atoms in total. The fourth-order valence-electron chi connectivity index (χ4n) is 1.67. The lowest BCUT2D eigenvalue weighted by molar-refractivity contribution is -0.131. The van der Waals surface area contributed by atoms with Gasteiger partial charge in [-0.15, -0.1) is 0 Å². The standard InChI is InChI=1S/C11H21NO2.2C2H6/c1-9(2)8-14-11-4-6-12(7-5-11)10(3)13;2*1-2/h9,11H,4-8H2,1-3H3;2*1-2H3. The van der Waals surface area contributed by atoms with Gasteiger partial charge in [0.2, 0.25) is 5.91 Å². The first kappa shape index (κ1) is 19.8. The van der Waals surface area contributed by atoms with Gasteiger partial charge in [0, 0.05) is 26.6 Å². The number of piperidine rings is 1. The SMILES string of the molecule is CC.CC.CC(=O)N1CCC(OCC(C)C)CC1. The van der Waals surface area contributed by atoms with Crippen LogP contribution in [-0.2, 0) is 9.53 Å². The molecule has 1 aliphatic rings. The largest absolute Gasteiger partial charge is 0.378 e. The van der Waals surface area contributed by atoms with E-state index in [0.29, 0.717) is 12.0 Å². The van der Waals surface area contributed by atoms with Gasteiger partial charge in [0.25, 0.3) is 0 Å². The van der Waals surface area contributed by atoms with Crippen LogP contribution in [0.15, 0.2) is 0 Å². The van der Waals surface area contributed by atoms with E-state index in [1.165, 1.54) is 0 Å². The molecule has 1 saturated heterocycles. The highest BCUT2D eigenvalue weighted by molar-refractivity contribution is 5.73. The normalized spacial score (nSPS) is 15.4. The third-order valence-corrected chi connectivity index (χ3v) is 2.55.